The first-order valence-corrected chi connectivity index (χ1v) is 13.5. The van der Waals surface area contributed by atoms with Crippen LogP contribution < -0.4 is 0 Å². The highest BCUT2D eigenvalue weighted by Gasteiger charge is 2.32. The Hall–Kier alpha value is -2.64. The van der Waals surface area contributed by atoms with Gasteiger partial charge in [0.1, 0.15) is 0 Å². The average Bonchev–Trinajstić information content (AvgIpc) is 3.23. The van der Waals surface area contributed by atoms with Crippen molar-refractivity contribution in [2.45, 2.75) is 68.8 Å². The van der Waals surface area contributed by atoms with Crippen molar-refractivity contribution in [3.63, 3.8) is 0 Å². The summed E-state index contributed by atoms with van der Waals surface area (Å²) in [6, 6.07) is 14.8. The first-order valence-electron chi connectivity index (χ1n) is 12.5. The molecule has 0 N–H and O–H groups in total. The van der Waals surface area contributed by atoms with Gasteiger partial charge in [0.2, 0.25) is 12.3 Å². The summed E-state index contributed by atoms with van der Waals surface area (Å²) >= 11 is 1.77. The van der Waals surface area contributed by atoms with Crippen LogP contribution in [-0.4, -0.2) is 59.1 Å². The van der Waals surface area contributed by atoms with Gasteiger partial charge in [-0.2, -0.15) is 0 Å². The number of imide groups is 1. The highest BCUT2D eigenvalue weighted by atomic mass is 32.2. The Morgan fingerprint density at radius 3 is 2.51 bits per heavy atom. The molecule has 0 aliphatic carbocycles. The summed E-state index contributed by atoms with van der Waals surface area (Å²) in [6.07, 6.45) is 5.27. The lowest BCUT2D eigenvalue weighted by Gasteiger charge is -2.26. The van der Waals surface area contributed by atoms with E-state index in [4.69, 9.17) is 0 Å². The highest BCUT2D eigenvalue weighted by molar-refractivity contribution is 7.98. The number of hydrogen-bond donors (Lipinski definition) is 0. The predicted octanol–water partition coefficient (Wildman–Crippen LogP) is 4.70. The largest absolute Gasteiger partial charge is 0.332 e. The first-order chi connectivity index (χ1) is 17.0. The molecule has 0 radical (unpaired) electrons. The summed E-state index contributed by atoms with van der Waals surface area (Å²) in [5.41, 5.74) is 4.49. The zero-order valence-corrected chi connectivity index (χ0v) is 21.6. The lowest BCUT2D eigenvalue weighted by molar-refractivity contribution is -0.136. The maximum absolute atomic E-state index is 13.1. The van der Waals surface area contributed by atoms with Gasteiger partial charge in [0.15, 0.2) is 0 Å². The molecule has 1 unspecified atom stereocenters. The number of thioether (sulfide) groups is 1. The summed E-state index contributed by atoms with van der Waals surface area (Å²) in [7, 11) is 1.46. The smallest absolute Gasteiger partial charge is 0.254 e. The van der Waals surface area contributed by atoms with Gasteiger partial charge in [-0.05, 0) is 68.1 Å². The Bertz CT molecular complexity index is 1050. The Morgan fingerprint density at radius 2 is 1.80 bits per heavy atom. The number of fused-ring (bicyclic) bond motifs is 1. The van der Waals surface area contributed by atoms with Crippen molar-refractivity contribution in [1.29, 1.82) is 0 Å². The molecule has 7 heteroatoms. The van der Waals surface area contributed by atoms with Crippen LogP contribution in [0.25, 0.3) is 0 Å². The molecule has 1 atom stereocenters. The third-order valence-corrected chi connectivity index (χ3v) is 8.26. The number of amides is 3. The van der Waals surface area contributed by atoms with Crippen molar-refractivity contribution in [2.75, 3.05) is 20.1 Å². The Labute approximate surface area is 212 Å². The van der Waals surface area contributed by atoms with Crippen LogP contribution in [0, 0.1) is 0 Å². The Balaban J connectivity index is 1.34. The Kier molecular flexibility index (Phi) is 8.63. The maximum Gasteiger partial charge on any atom is 0.254 e. The molecule has 6 nitrogen and oxygen atoms in total. The number of benzene rings is 2. The second-order valence-electron chi connectivity index (χ2n) is 9.66. The molecule has 186 valence electrons. The SMILES string of the molecule is CC(CCC(=O)N(C)C=O)N1Cc2c(SCc3ccc(CN4CCCCC4)cc3)cccc2C1=O. The molecule has 2 aromatic carbocycles. The molecule has 1 saturated heterocycles. The van der Waals surface area contributed by atoms with Crippen molar-refractivity contribution < 1.29 is 14.4 Å². The lowest BCUT2D eigenvalue weighted by atomic mass is 10.1. The third-order valence-electron chi connectivity index (χ3n) is 7.08. The molecule has 0 saturated carbocycles. The fraction of sp³-hybridized carbons (Fsp3) is 0.464. The van der Waals surface area contributed by atoms with E-state index in [-0.39, 0.29) is 24.3 Å². The van der Waals surface area contributed by atoms with Gasteiger partial charge < -0.3 is 4.90 Å². The maximum atomic E-state index is 13.1. The van der Waals surface area contributed by atoms with Gasteiger partial charge in [0.05, 0.1) is 0 Å². The summed E-state index contributed by atoms with van der Waals surface area (Å²) in [5.74, 6) is 0.652. The van der Waals surface area contributed by atoms with Crippen molar-refractivity contribution in [1.82, 2.24) is 14.7 Å². The molecule has 2 heterocycles. The highest BCUT2D eigenvalue weighted by Crippen LogP contribution is 2.35. The van der Waals surface area contributed by atoms with Gasteiger partial charge in [0.25, 0.3) is 5.91 Å². The van der Waals surface area contributed by atoms with Crippen LogP contribution in [0.5, 0.6) is 0 Å². The van der Waals surface area contributed by atoms with Gasteiger partial charge in [-0.25, -0.2) is 0 Å². The summed E-state index contributed by atoms with van der Waals surface area (Å²) in [6.45, 7) is 5.97. The minimum Gasteiger partial charge on any atom is -0.332 e. The van der Waals surface area contributed by atoms with Gasteiger partial charge in [-0.3, -0.25) is 24.2 Å². The van der Waals surface area contributed by atoms with E-state index in [1.807, 2.05) is 24.0 Å². The molecule has 2 aliphatic rings. The minimum atomic E-state index is -0.228. The molecular weight excluding hydrogens is 458 g/mol. The average molecular weight is 494 g/mol. The molecule has 4 rings (SSSR count). The Morgan fingerprint density at radius 1 is 1.09 bits per heavy atom. The molecule has 1 fully saturated rings. The first kappa shape index (κ1) is 25.5. The summed E-state index contributed by atoms with van der Waals surface area (Å²) in [4.78, 5) is 42.4. The fourth-order valence-corrected chi connectivity index (χ4v) is 5.86. The van der Waals surface area contributed by atoms with Crippen LogP contribution in [0.3, 0.4) is 0 Å². The number of rotatable bonds is 10. The lowest BCUT2D eigenvalue weighted by Crippen LogP contribution is -2.35. The van der Waals surface area contributed by atoms with Crippen LogP contribution in [0.4, 0.5) is 0 Å². The molecule has 0 spiro atoms. The van der Waals surface area contributed by atoms with E-state index >= 15 is 0 Å². The molecular formula is C28H35N3O3S. The zero-order valence-electron chi connectivity index (χ0n) is 20.7. The number of nitrogens with zero attached hydrogens (tertiary/aromatic N) is 3. The van der Waals surface area contributed by atoms with Gasteiger partial charge in [-0.1, -0.05) is 36.8 Å². The normalized spacial score (nSPS) is 16.7. The van der Waals surface area contributed by atoms with Crippen LogP contribution in [0.1, 0.15) is 66.1 Å². The molecule has 35 heavy (non-hydrogen) atoms. The monoisotopic (exact) mass is 493 g/mol. The van der Waals surface area contributed by atoms with Crippen LogP contribution in [0.15, 0.2) is 47.4 Å². The van der Waals surface area contributed by atoms with Crippen molar-refractivity contribution in [3.05, 3.63) is 64.7 Å². The number of hydrogen-bond acceptors (Lipinski definition) is 5. The number of carbonyl (C=O) groups excluding carboxylic acids is 3. The third kappa shape index (κ3) is 6.33. The van der Waals surface area contributed by atoms with Crippen molar-refractivity contribution in [2.24, 2.45) is 0 Å². The van der Waals surface area contributed by atoms with E-state index in [0.29, 0.717) is 19.4 Å². The quantitative estimate of drug-likeness (QED) is 0.355. The van der Waals surface area contributed by atoms with Crippen LogP contribution >= 0.6 is 11.8 Å². The zero-order chi connectivity index (χ0) is 24.8. The van der Waals surface area contributed by atoms with Gasteiger partial charge >= 0.3 is 0 Å². The topological polar surface area (TPSA) is 60.9 Å². The van der Waals surface area contributed by atoms with Crippen molar-refractivity contribution >= 4 is 30.0 Å². The fourth-order valence-electron chi connectivity index (χ4n) is 4.82. The number of piperidine rings is 1. The standard InChI is InChI=1S/C28H35N3O3S/c1-21(9-14-27(33)29(2)20-32)31-18-25-24(28(31)34)7-6-8-26(25)35-19-23-12-10-22(11-13-23)17-30-15-4-3-5-16-30/h6-8,10-13,20-21H,3-5,9,14-19H2,1-2H3. The molecule has 3 amide bonds. The van der Waals surface area contributed by atoms with E-state index < -0.39 is 0 Å². The van der Waals surface area contributed by atoms with Crippen LogP contribution in [0.2, 0.25) is 0 Å². The van der Waals surface area contributed by atoms with E-state index in [1.165, 1.54) is 50.5 Å². The van der Waals surface area contributed by atoms with Gasteiger partial charge in [-0.15, -0.1) is 11.8 Å². The molecule has 2 aromatic rings. The van der Waals surface area contributed by atoms with E-state index in [0.717, 1.165) is 33.2 Å². The van der Waals surface area contributed by atoms with Gasteiger partial charge in [0, 0.05) is 48.8 Å². The second-order valence-corrected chi connectivity index (χ2v) is 10.7. The second kappa shape index (κ2) is 11.9. The number of likely N-dealkylation sites (tertiary alicyclic amines) is 1. The van der Waals surface area contributed by atoms with Crippen molar-refractivity contribution in [3.8, 4) is 0 Å². The molecule has 2 aliphatic heterocycles. The molecule has 0 bridgehead atoms. The van der Waals surface area contributed by atoms with Crippen LogP contribution in [-0.2, 0) is 28.4 Å². The van der Waals surface area contributed by atoms with E-state index in [9.17, 15) is 14.4 Å². The summed E-state index contributed by atoms with van der Waals surface area (Å²) in [5, 5.41) is 0. The minimum absolute atomic E-state index is 0.0215. The van der Waals surface area contributed by atoms with E-state index in [2.05, 4.69) is 35.2 Å². The molecule has 0 aromatic heterocycles. The predicted molar refractivity (Wildman–Crippen MR) is 139 cm³/mol. The van der Waals surface area contributed by atoms with E-state index in [1.54, 1.807) is 11.8 Å². The number of carbonyl (C=O) groups is 3. The summed E-state index contributed by atoms with van der Waals surface area (Å²) < 4.78 is 0.